The van der Waals surface area contributed by atoms with Crippen molar-refractivity contribution in [3.63, 3.8) is 0 Å². The quantitative estimate of drug-likeness (QED) is 0.244. The van der Waals surface area contributed by atoms with Gasteiger partial charge in [-0.1, -0.05) is 164 Å². The van der Waals surface area contributed by atoms with Crippen molar-refractivity contribution < 1.29 is 0 Å². The van der Waals surface area contributed by atoms with Gasteiger partial charge in [0.2, 0.25) is 0 Å². The normalized spacial score (nSPS) is 23.1. The molecule has 0 aromatic heterocycles. The first-order valence-electron chi connectivity index (χ1n) is 15.0. The molecule has 0 saturated carbocycles. The van der Waals surface area contributed by atoms with E-state index in [2.05, 4.69) is 173 Å². The van der Waals surface area contributed by atoms with Crippen LogP contribution in [-0.2, 0) is 0 Å². The van der Waals surface area contributed by atoms with Crippen molar-refractivity contribution >= 4 is 0 Å². The Morgan fingerprint density at radius 1 is 0.725 bits per heavy atom. The van der Waals surface area contributed by atoms with E-state index in [0.717, 1.165) is 0 Å². The van der Waals surface area contributed by atoms with E-state index in [9.17, 15) is 0 Å². The molecule has 0 aromatic carbocycles. The van der Waals surface area contributed by atoms with Crippen LogP contribution in [0.3, 0.4) is 0 Å². The summed E-state index contributed by atoms with van der Waals surface area (Å²) in [6.45, 7) is 22.5. The molecule has 0 aliphatic heterocycles. The van der Waals surface area contributed by atoms with Gasteiger partial charge in [0.15, 0.2) is 0 Å². The molecule has 214 valence electrons. The first kappa shape index (κ1) is 33.1. The maximum absolute atomic E-state index is 2.37. The highest BCUT2D eigenvalue weighted by Gasteiger charge is 2.28. The maximum Gasteiger partial charge on any atom is 0.00662 e. The molecule has 40 heavy (non-hydrogen) atoms. The van der Waals surface area contributed by atoms with Gasteiger partial charge in [0, 0.05) is 5.92 Å². The fourth-order valence-electron chi connectivity index (χ4n) is 5.46. The van der Waals surface area contributed by atoms with Crippen molar-refractivity contribution in [3.05, 3.63) is 142 Å². The Labute approximate surface area is 247 Å². The summed E-state index contributed by atoms with van der Waals surface area (Å²) in [5, 5.41) is 0. The van der Waals surface area contributed by atoms with Crippen LogP contribution in [0.4, 0.5) is 0 Å². The minimum atomic E-state index is 0.163. The van der Waals surface area contributed by atoms with Crippen LogP contribution in [0.2, 0.25) is 0 Å². The van der Waals surface area contributed by atoms with E-state index in [4.69, 9.17) is 0 Å². The van der Waals surface area contributed by atoms with Crippen molar-refractivity contribution in [2.24, 2.45) is 16.7 Å². The fraction of sp³-hybridized carbons (Fsp3) is 0.400. The van der Waals surface area contributed by atoms with Gasteiger partial charge in [0.1, 0.15) is 0 Å². The van der Waals surface area contributed by atoms with Crippen LogP contribution in [0.15, 0.2) is 142 Å². The molecule has 2 rings (SSSR count). The zero-order valence-corrected chi connectivity index (χ0v) is 27.0. The molecular weight excluding hydrogens is 480 g/mol. The minimum Gasteiger partial charge on any atom is -0.0780 e. The van der Waals surface area contributed by atoms with Crippen molar-refractivity contribution in [3.8, 4) is 0 Å². The second kappa shape index (κ2) is 15.6. The van der Waals surface area contributed by atoms with Crippen LogP contribution >= 0.6 is 0 Å². The van der Waals surface area contributed by atoms with E-state index in [1.54, 1.807) is 5.57 Å². The van der Waals surface area contributed by atoms with Gasteiger partial charge in [-0.05, 0) is 77.2 Å². The van der Waals surface area contributed by atoms with Crippen molar-refractivity contribution in [2.75, 3.05) is 0 Å². The predicted molar refractivity (Wildman–Crippen MR) is 181 cm³/mol. The van der Waals surface area contributed by atoms with Gasteiger partial charge in [0.05, 0.1) is 0 Å². The number of hydrogen-bond acceptors (Lipinski definition) is 0. The van der Waals surface area contributed by atoms with Crippen molar-refractivity contribution in [1.82, 2.24) is 0 Å². The molecule has 0 nitrogen and oxygen atoms in total. The lowest BCUT2D eigenvalue weighted by Gasteiger charge is -2.32. The van der Waals surface area contributed by atoms with Gasteiger partial charge in [-0.2, -0.15) is 0 Å². The third kappa shape index (κ3) is 11.2. The summed E-state index contributed by atoms with van der Waals surface area (Å²) >= 11 is 0. The van der Waals surface area contributed by atoms with Gasteiger partial charge in [-0.25, -0.2) is 0 Å². The highest BCUT2D eigenvalue weighted by molar-refractivity contribution is 5.38. The zero-order valence-electron chi connectivity index (χ0n) is 27.0. The molecule has 2 aliphatic rings. The molecule has 0 radical (unpaired) electrons. The molecule has 0 fully saturated rings. The third-order valence-electron chi connectivity index (χ3n) is 8.05. The smallest absolute Gasteiger partial charge is 0.00662 e. The monoisotopic (exact) mass is 534 g/mol. The van der Waals surface area contributed by atoms with E-state index in [1.165, 1.54) is 52.7 Å². The van der Waals surface area contributed by atoms with Gasteiger partial charge < -0.3 is 0 Å². The molecule has 0 heterocycles. The SMILES string of the molecule is CC1=CC=CC(C)(C)[C@@H]1/C=C/C(C)=C/C=C/C(C)=C/C=C/C=C(C)/C=C/C=C(C)/C=C/C1=C(C)CCCC1(C)C. The topological polar surface area (TPSA) is 0 Å². The lowest BCUT2D eigenvalue weighted by molar-refractivity contribution is 0.377. The lowest BCUT2D eigenvalue weighted by atomic mass is 9.72. The molecule has 0 spiro atoms. The molecule has 1 atom stereocenters. The van der Waals surface area contributed by atoms with E-state index in [-0.39, 0.29) is 10.8 Å². The maximum atomic E-state index is 2.37. The molecule has 0 bridgehead atoms. The Morgan fingerprint density at radius 2 is 1.25 bits per heavy atom. The first-order chi connectivity index (χ1) is 18.8. The summed E-state index contributed by atoms with van der Waals surface area (Å²) < 4.78 is 0. The van der Waals surface area contributed by atoms with Crippen LogP contribution in [0.1, 0.15) is 88.5 Å². The average molecular weight is 535 g/mol. The summed E-state index contributed by atoms with van der Waals surface area (Å²) in [7, 11) is 0. The Balaban J connectivity index is 1.88. The number of allylic oxidation sites excluding steroid dienone is 24. The van der Waals surface area contributed by atoms with Crippen LogP contribution in [0.5, 0.6) is 0 Å². The predicted octanol–water partition coefficient (Wildman–Crippen LogP) is 12.2. The molecule has 0 amide bonds. The molecule has 0 unspecified atom stereocenters. The summed E-state index contributed by atoms with van der Waals surface area (Å²) in [6, 6.07) is 0. The Kier molecular flexibility index (Phi) is 12.9. The number of rotatable bonds is 10. The molecular formula is C40H54. The second-order valence-electron chi connectivity index (χ2n) is 12.9. The summed E-state index contributed by atoms with van der Waals surface area (Å²) in [5.41, 5.74) is 9.91. The minimum absolute atomic E-state index is 0.163. The van der Waals surface area contributed by atoms with Gasteiger partial charge in [-0.3, -0.25) is 0 Å². The van der Waals surface area contributed by atoms with Crippen LogP contribution in [0, 0.1) is 16.7 Å². The van der Waals surface area contributed by atoms with Crippen LogP contribution in [0.25, 0.3) is 0 Å². The summed E-state index contributed by atoms with van der Waals surface area (Å²) in [4.78, 5) is 0. The largest absolute Gasteiger partial charge is 0.0780 e. The standard InChI is InChI=1S/C40H54/c1-31(19-13-21-33(3)25-27-37-35(5)23-15-29-39(37,7)8)17-11-12-18-32(2)20-14-22-34(4)26-28-38-36(6)24-16-30-40(38,9)10/h11-15,17-23,25-29,37H,16,24,30H2,1-10H3/b12-11+,19-13+,20-14+,27-25+,28-26+,31-17+,32-18+,33-21+,34-22+/t37-/m1/s1. The zero-order chi connectivity index (χ0) is 29.8. The molecule has 0 aromatic rings. The van der Waals surface area contributed by atoms with Crippen molar-refractivity contribution in [1.29, 1.82) is 0 Å². The van der Waals surface area contributed by atoms with Crippen LogP contribution in [-0.4, -0.2) is 0 Å². The molecule has 0 heteroatoms. The Bertz CT molecular complexity index is 1240. The summed E-state index contributed by atoms with van der Waals surface area (Å²) in [5.74, 6) is 0.445. The van der Waals surface area contributed by atoms with E-state index in [0.29, 0.717) is 5.92 Å². The Morgan fingerprint density at radius 3 is 1.80 bits per heavy atom. The summed E-state index contributed by atoms with van der Waals surface area (Å²) in [6.07, 6.45) is 41.2. The van der Waals surface area contributed by atoms with Gasteiger partial charge >= 0.3 is 0 Å². The number of hydrogen-bond donors (Lipinski definition) is 0. The lowest BCUT2D eigenvalue weighted by Crippen LogP contribution is -2.23. The van der Waals surface area contributed by atoms with Crippen LogP contribution < -0.4 is 0 Å². The first-order valence-corrected chi connectivity index (χ1v) is 15.0. The second-order valence-corrected chi connectivity index (χ2v) is 12.9. The van der Waals surface area contributed by atoms with Gasteiger partial charge in [-0.15, -0.1) is 0 Å². The van der Waals surface area contributed by atoms with Gasteiger partial charge in [0.25, 0.3) is 0 Å². The fourth-order valence-corrected chi connectivity index (χ4v) is 5.46. The molecule has 0 N–H and O–H groups in total. The highest BCUT2D eigenvalue weighted by atomic mass is 14.3. The highest BCUT2D eigenvalue weighted by Crippen LogP contribution is 2.41. The van der Waals surface area contributed by atoms with E-state index in [1.807, 2.05) is 0 Å². The average Bonchev–Trinajstić information content (AvgIpc) is 2.85. The van der Waals surface area contributed by atoms with E-state index < -0.39 is 0 Å². The third-order valence-corrected chi connectivity index (χ3v) is 8.05. The molecule has 0 saturated heterocycles. The molecule has 2 aliphatic carbocycles. The Hall–Kier alpha value is -3.12. The van der Waals surface area contributed by atoms with E-state index >= 15 is 0 Å². The van der Waals surface area contributed by atoms with Crippen molar-refractivity contribution in [2.45, 2.75) is 88.5 Å².